The Balaban J connectivity index is 1.64. The highest BCUT2D eigenvalue weighted by molar-refractivity contribution is 6.06. The van der Waals surface area contributed by atoms with Gasteiger partial charge in [0.1, 0.15) is 11.1 Å². The lowest BCUT2D eigenvalue weighted by atomic mass is 9.51. The maximum absolute atomic E-state index is 13.6. The van der Waals surface area contributed by atoms with E-state index in [0.29, 0.717) is 6.42 Å². The van der Waals surface area contributed by atoms with Crippen LogP contribution in [0.15, 0.2) is 24.3 Å². The number of aromatic amines is 1. The third-order valence-electron chi connectivity index (χ3n) is 7.80. The van der Waals surface area contributed by atoms with Gasteiger partial charge in [0.15, 0.2) is 0 Å². The quantitative estimate of drug-likeness (QED) is 0.766. The Bertz CT molecular complexity index is 1010. The molecule has 5 heteroatoms. The topological polar surface area (TPSA) is 65.2 Å². The molecule has 0 saturated carbocycles. The number of benzene rings is 1. The minimum Gasteiger partial charge on any atom is -0.358 e. The van der Waals surface area contributed by atoms with Crippen LogP contribution in [0, 0.1) is 5.92 Å². The normalized spacial score (nSPS) is 36.7. The van der Waals surface area contributed by atoms with E-state index in [0.717, 1.165) is 31.3 Å². The van der Waals surface area contributed by atoms with Gasteiger partial charge in [0.25, 0.3) is 0 Å². The SMILES string of the molecule is CC1(C)c2[nH]c3ccccc3c2C[C@@]23NC(=O)[C@]4(CCCN4C2=O)C[C@H]13. The summed E-state index contributed by atoms with van der Waals surface area (Å²) in [6, 6.07) is 8.30. The first kappa shape index (κ1) is 14.8. The van der Waals surface area contributed by atoms with Crippen LogP contribution in [0.25, 0.3) is 10.9 Å². The highest BCUT2D eigenvalue weighted by Gasteiger charge is 2.72. The summed E-state index contributed by atoms with van der Waals surface area (Å²) in [4.78, 5) is 32.2. The lowest BCUT2D eigenvalue weighted by molar-refractivity contribution is -0.179. The van der Waals surface area contributed by atoms with Crippen molar-refractivity contribution < 1.29 is 9.59 Å². The van der Waals surface area contributed by atoms with Crippen molar-refractivity contribution in [2.45, 2.75) is 56.0 Å². The summed E-state index contributed by atoms with van der Waals surface area (Å²) in [7, 11) is 0. The number of fused-ring (bicyclic) bond motifs is 4. The van der Waals surface area contributed by atoms with Crippen LogP contribution in [0.5, 0.6) is 0 Å². The van der Waals surface area contributed by atoms with Crippen molar-refractivity contribution in [2.75, 3.05) is 6.54 Å². The molecule has 1 aromatic carbocycles. The number of rotatable bonds is 0. The van der Waals surface area contributed by atoms with E-state index in [1.54, 1.807) is 0 Å². The van der Waals surface area contributed by atoms with Crippen molar-refractivity contribution in [1.82, 2.24) is 15.2 Å². The fraction of sp³-hybridized carbons (Fsp3) is 0.524. The van der Waals surface area contributed by atoms with Gasteiger partial charge >= 0.3 is 0 Å². The molecule has 1 aromatic heterocycles. The fourth-order valence-corrected chi connectivity index (χ4v) is 6.58. The maximum atomic E-state index is 13.6. The van der Waals surface area contributed by atoms with E-state index in [4.69, 9.17) is 0 Å². The maximum Gasteiger partial charge on any atom is 0.249 e. The monoisotopic (exact) mass is 349 g/mol. The van der Waals surface area contributed by atoms with Crippen molar-refractivity contribution in [3.8, 4) is 0 Å². The van der Waals surface area contributed by atoms with E-state index in [-0.39, 0.29) is 23.1 Å². The van der Waals surface area contributed by atoms with Crippen LogP contribution >= 0.6 is 0 Å². The molecule has 5 heterocycles. The van der Waals surface area contributed by atoms with Gasteiger partial charge in [-0.15, -0.1) is 0 Å². The average molecular weight is 349 g/mol. The first-order valence-electron chi connectivity index (χ1n) is 9.65. The molecule has 2 N–H and O–H groups in total. The molecule has 3 atom stereocenters. The molecule has 2 aromatic rings. The summed E-state index contributed by atoms with van der Waals surface area (Å²) < 4.78 is 0. The number of aromatic nitrogens is 1. The third-order valence-corrected chi connectivity index (χ3v) is 7.80. The Morgan fingerprint density at radius 2 is 2.00 bits per heavy atom. The van der Waals surface area contributed by atoms with Crippen LogP contribution < -0.4 is 5.32 Å². The second-order valence-electron chi connectivity index (χ2n) is 9.20. The van der Waals surface area contributed by atoms with Crippen LogP contribution in [-0.4, -0.2) is 39.3 Å². The Morgan fingerprint density at radius 3 is 2.85 bits per heavy atom. The first-order chi connectivity index (χ1) is 12.4. The van der Waals surface area contributed by atoms with E-state index >= 15 is 0 Å². The molecule has 4 fully saturated rings. The van der Waals surface area contributed by atoms with Crippen molar-refractivity contribution in [1.29, 1.82) is 0 Å². The van der Waals surface area contributed by atoms with Gasteiger partial charge in [-0.05, 0) is 30.9 Å². The summed E-state index contributed by atoms with van der Waals surface area (Å²) in [5.41, 5.74) is 1.97. The van der Waals surface area contributed by atoms with Crippen LogP contribution in [0.3, 0.4) is 0 Å². The molecule has 2 spiro atoms. The molecule has 4 saturated heterocycles. The predicted octanol–water partition coefficient (Wildman–Crippen LogP) is 2.25. The minimum atomic E-state index is -0.787. The molecule has 5 nitrogen and oxygen atoms in total. The molecule has 2 bridgehead atoms. The van der Waals surface area contributed by atoms with E-state index < -0.39 is 11.1 Å². The molecule has 0 radical (unpaired) electrons. The number of nitrogens with one attached hydrogen (secondary N) is 2. The molecule has 26 heavy (non-hydrogen) atoms. The number of nitrogens with zero attached hydrogens (tertiary/aromatic N) is 1. The zero-order valence-electron chi connectivity index (χ0n) is 15.2. The minimum absolute atomic E-state index is 0.0740. The van der Waals surface area contributed by atoms with Gasteiger partial charge in [0, 0.05) is 40.9 Å². The van der Waals surface area contributed by atoms with Crippen molar-refractivity contribution in [2.24, 2.45) is 5.92 Å². The van der Waals surface area contributed by atoms with Gasteiger partial charge in [0.2, 0.25) is 11.8 Å². The van der Waals surface area contributed by atoms with Gasteiger partial charge in [-0.25, -0.2) is 0 Å². The summed E-state index contributed by atoms with van der Waals surface area (Å²) in [5, 5.41) is 4.43. The lowest BCUT2D eigenvalue weighted by Crippen LogP contribution is -2.84. The third kappa shape index (κ3) is 1.36. The van der Waals surface area contributed by atoms with Gasteiger partial charge < -0.3 is 15.2 Å². The number of carbonyl (C=O) groups is 2. The van der Waals surface area contributed by atoms with Crippen molar-refractivity contribution in [3.63, 3.8) is 0 Å². The Labute approximate surface area is 152 Å². The highest BCUT2D eigenvalue weighted by atomic mass is 16.2. The van der Waals surface area contributed by atoms with Gasteiger partial charge in [0.05, 0.1) is 0 Å². The molecule has 2 amide bonds. The van der Waals surface area contributed by atoms with Gasteiger partial charge in [-0.1, -0.05) is 32.0 Å². The fourth-order valence-electron chi connectivity index (χ4n) is 6.58. The second kappa shape index (κ2) is 4.16. The number of hydrogen-bond acceptors (Lipinski definition) is 2. The zero-order chi connectivity index (χ0) is 17.9. The molecule has 0 unspecified atom stereocenters. The van der Waals surface area contributed by atoms with Gasteiger partial charge in [-0.2, -0.15) is 0 Å². The van der Waals surface area contributed by atoms with Gasteiger partial charge in [-0.3, -0.25) is 9.59 Å². The summed E-state index contributed by atoms with van der Waals surface area (Å²) in [6.07, 6.45) is 3.10. The molecule has 134 valence electrons. The van der Waals surface area contributed by atoms with E-state index in [1.807, 2.05) is 17.0 Å². The largest absolute Gasteiger partial charge is 0.358 e. The Hall–Kier alpha value is -2.30. The number of H-pyrrole nitrogens is 1. The van der Waals surface area contributed by atoms with Crippen molar-refractivity contribution >= 4 is 22.7 Å². The summed E-state index contributed by atoms with van der Waals surface area (Å²) >= 11 is 0. The molecule has 7 rings (SSSR count). The van der Waals surface area contributed by atoms with E-state index in [1.165, 1.54) is 16.6 Å². The number of piperidine rings is 2. The first-order valence-corrected chi connectivity index (χ1v) is 9.65. The Morgan fingerprint density at radius 1 is 1.19 bits per heavy atom. The standard InChI is InChI=1S/C21H23N3O2/c1-19(2)15-11-20-8-5-9-24(20)18(26)21(15,23-17(20)25)10-13-12-6-3-4-7-14(12)22-16(13)19/h3-4,6-7,15,22H,5,8-11H2,1-2H3,(H,23,25)/t15-,20+,21+/m1/s1. The highest BCUT2D eigenvalue weighted by Crippen LogP contribution is 2.59. The summed E-state index contributed by atoms with van der Waals surface area (Å²) in [5.74, 6) is 0.343. The lowest BCUT2D eigenvalue weighted by Gasteiger charge is -2.64. The number of carbonyl (C=O) groups excluding carboxylic acids is 2. The van der Waals surface area contributed by atoms with Crippen LogP contribution in [0.4, 0.5) is 0 Å². The smallest absolute Gasteiger partial charge is 0.249 e. The zero-order valence-corrected chi connectivity index (χ0v) is 15.2. The summed E-state index contributed by atoms with van der Waals surface area (Å²) in [6.45, 7) is 5.20. The number of piperazine rings is 1. The van der Waals surface area contributed by atoms with E-state index in [9.17, 15) is 9.59 Å². The second-order valence-corrected chi connectivity index (χ2v) is 9.20. The average Bonchev–Trinajstić information content (AvgIpc) is 3.20. The number of amides is 2. The van der Waals surface area contributed by atoms with Crippen LogP contribution in [0.1, 0.15) is 44.4 Å². The predicted molar refractivity (Wildman–Crippen MR) is 97.7 cm³/mol. The molecular formula is C21H23N3O2. The number of para-hydroxylation sites is 1. The van der Waals surface area contributed by atoms with E-state index in [2.05, 4.69) is 36.3 Å². The Kier molecular flexibility index (Phi) is 2.37. The molecule has 1 aliphatic carbocycles. The van der Waals surface area contributed by atoms with Crippen LogP contribution in [0.2, 0.25) is 0 Å². The molecule has 5 aliphatic rings. The molecule has 4 aliphatic heterocycles. The van der Waals surface area contributed by atoms with Crippen molar-refractivity contribution in [3.05, 3.63) is 35.5 Å². The number of hydrogen-bond donors (Lipinski definition) is 2. The molecular weight excluding hydrogens is 326 g/mol. The van der Waals surface area contributed by atoms with Crippen LogP contribution in [-0.2, 0) is 21.4 Å².